The van der Waals surface area contributed by atoms with Crippen molar-refractivity contribution in [1.29, 1.82) is 0 Å². The summed E-state index contributed by atoms with van der Waals surface area (Å²) in [4.78, 5) is 0. The summed E-state index contributed by atoms with van der Waals surface area (Å²) >= 11 is 1.92. The van der Waals surface area contributed by atoms with Crippen molar-refractivity contribution < 1.29 is 4.74 Å². The molecule has 1 unspecified atom stereocenters. The topological polar surface area (TPSA) is 21.3 Å². The zero-order valence-electron chi connectivity index (χ0n) is 9.64. The summed E-state index contributed by atoms with van der Waals surface area (Å²) in [5, 5.41) is 3.55. The van der Waals surface area contributed by atoms with Crippen molar-refractivity contribution in [3.8, 4) is 0 Å². The molecule has 0 aromatic heterocycles. The quantitative estimate of drug-likeness (QED) is 0.762. The first-order valence-electron chi connectivity index (χ1n) is 5.48. The molecule has 0 radical (unpaired) electrons. The molecule has 1 fully saturated rings. The first kappa shape index (κ1) is 12.3. The first-order chi connectivity index (χ1) is 6.64. The second-order valence-electron chi connectivity index (χ2n) is 4.68. The molecule has 0 aliphatic carbocycles. The van der Waals surface area contributed by atoms with Crippen LogP contribution in [-0.4, -0.2) is 37.3 Å². The van der Waals surface area contributed by atoms with Crippen LogP contribution in [0.2, 0.25) is 0 Å². The highest BCUT2D eigenvalue weighted by Gasteiger charge is 2.17. The van der Waals surface area contributed by atoms with E-state index in [4.69, 9.17) is 4.74 Å². The molecule has 1 atom stereocenters. The van der Waals surface area contributed by atoms with Gasteiger partial charge in [-0.05, 0) is 38.9 Å². The number of thioether (sulfide) groups is 1. The number of nitrogens with one attached hydrogen (secondary N) is 1. The van der Waals surface area contributed by atoms with Crippen molar-refractivity contribution in [2.75, 3.05) is 32.6 Å². The van der Waals surface area contributed by atoms with E-state index in [2.05, 4.69) is 25.4 Å². The molecule has 84 valence electrons. The third kappa shape index (κ3) is 4.67. The largest absolute Gasteiger partial charge is 0.381 e. The first-order valence-corrected chi connectivity index (χ1v) is 6.70. The zero-order chi connectivity index (χ0) is 10.4. The summed E-state index contributed by atoms with van der Waals surface area (Å²) in [5.41, 5.74) is 0. The fourth-order valence-corrected chi connectivity index (χ4v) is 1.86. The molecule has 0 aromatic rings. The smallest absolute Gasteiger partial charge is 0.0506 e. The average molecular weight is 217 g/mol. The molecule has 14 heavy (non-hydrogen) atoms. The Balaban J connectivity index is 2.08. The van der Waals surface area contributed by atoms with Gasteiger partial charge in [-0.25, -0.2) is 0 Å². The Labute approximate surface area is 92.2 Å². The maximum Gasteiger partial charge on any atom is 0.0506 e. The highest BCUT2D eigenvalue weighted by Crippen LogP contribution is 2.20. The van der Waals surface area contributed by atoms with E-state index in [0.717, 1.165) is 32.2 Å². The van der Waals surface area contributed by atoms with Gasteiger partial charge in [0.1, 0.15) is 0 Å². The number of hydrogen-bond donors (Lipinski definition) is 1. The molecule has 0 amide bonds. The van der Waals surface area contributed by atoms with Crippen LogP contribution >= 0.6 is 11.8 Å². The minimum absolute atomic E-state index is 0.357. The van der Waals surface area contributed by atoms with Crippen molar-refractivity contribution in [2.45, 2.75) is 31.4 Å². The van der Waals surface area contributed by atoms with E-state index in [0.29, 0.717) is 4.75 Å². The lowest BCUT2D eigenvalue weighted by Gasteiger charge is -2.26. The minimum atomic E-state index is 0.357. The fraction of sp³-hybridized carbons (Fsp3) is 1.00. The molecule has 2 nitrogen and oxygen atoms in total. The maximum absolute atomic E-state index is 5.45. The average Bonchev–Trinajstić information content (AvgIpc) is 2.19. The fourth-order valence-electron chi connectivity index (χ4n) is 1.62. The molecule has 1 N–H and O–H groups in total. The van der Waals surface area contributed by atoms with E-state index >= 15 is 0 Å². The van der Waals surface area contributed by atoms with Gasteiger partial charge >= 0.3 is 0 Å². The molecule has 1 aliphatic rings. The van der Waals surface area contributed by atoms with E-state index in [9.17, 15) is 0 Å². The van der Waals surface area contributed by atoms with Gasteiger partial charge in [-0.15, -0.1) is 0 Å². The molecule has 1 heterocycles. The predicted octanol–water partition coefficient (Wildman–Crippen LogP) is 2.14. The van der Waals surface area contributed by atoms with Gasteiger partial charge in [0, 0.05) is 24.4 Å². The Morgan fingerprint density at radius 3 is 2.86 bits per heavy atom. The van der Waals surface area contributed by atoms with Crippen LogP contribution in [0.1, 0.15) is 26.7 Å². The van der Waals surface area contributed by atoms with Crippen molar-refractivity contribution in [3.05, 3.63) is 0 Å². The lowest BCUT2D eigenvalue weighted by atomic mass is 10.0. The highest BCUT2D eigenvalue weighted by atomic mass is 32.2. The van der Waals surface area contributed by atoms with Gasteiger partial charge in [-0.2, -0.15) is 11.8 Å². The molecule has 0 bridgehead atoms. The van der Waals surface area contributed by atoms with Gasteiger partial charge in [0.25, 0.3) is 0 Å². The summed E-state index contributed by atoms with van der Waals surface area (Å²) in [6.45, 7) is 8.68. The van der Waals surface area contributed by atoms with Gasteiger partial charge in [0.05, 0.1) is 6.61 Å². The molecular weight excluding hydrogens is 194 g/mol. The van der Waals surface area contributed by atoms with Crippen molar-refractivity contribution in [3.63, 3.8) is 0 Å². The van der Waals surface area contributed by atoms with E-state index in [1.807, 2.05) is 11.8 Å². The van der Waals surface area contributed by atoms with Crippen LogP contribution in [0.25, 0.3) is 0 Å². The zero-order valence-corrected chi connectivity index (χ0v) is 10.5. The summed E-state index contributed by atoms with van der Waals surface area (Å²) in [6, 6.07) is 0. The predicted molar refractivity (Wildman–Crippen MR) is 64.0 cm³/mol. The lowest BCUT2D eigenvalue weighted by Crippen LogP contribution is -2.37. The third-order valence-electron chi connectivity index (χ3n) is 2.79. The Kier molecular flexibility index (Phi) is 5.28. The van der Waals surface area contributed by atoms with Crippen LogP contribution < -0.4 is 5.32 Å². The number of rotatable bonds is 5. The summed E-state index contributed by atoms with van der Waals surface area (Å²) in [6.07, 6.45) is 4.73. The van der Waals surface area contributed by atoms with Crippen LogP contribution in [0.3, 0.4) is 0 Å². The van der Waals surface area contributed by atoms with Gasteiger partial charge in [-0.3, -0.25) is 0 Å². The van der Waals surface area contributed by atoms with E-state index < -0.39 is 0 Å². The molecule has 0 spiro atoms. The summed E-state index contributed by atoms with van der Waals surface area (Å²) in [5.74, 6) is 0.737. The molecular formula is C11H23NOS. The van der Waals surface area contributed by atoms with Crippen LogP contribution in [0, 0.1) is 5.92 Å². The van der Waals surface area contributed by atoms with Crippen LogP contribution in [0.4, 0.5) is 0 Å². The molecule has 1 rings (SSSR count). The molecule has 1 saturated heterocycles. The van der Waals surface area contributed by atoms with Crippen LogP contribution in [0.5, 0.6) is 0 Å². The normalized spacial score (nSPS) is 23.8. The third-order valence-corrected chi connectivity index (χ3v) is 4.04. The van der Waals surface area contributed by atoms with Gasteiger partial charge < -0.3 is 10.1 Å². The van der Waals surface area contributed by atoms with Gasteiger partial charge in [-0.1, -0.05) is 0 Å². The Hall–Kier alpha value is 0.270. The Morgan fingerprint density at radius 2 is 2.29 bits per heavy atom. The molecule has 1 aliphatic heterocycles. The van der Waals surface area contributed by atoms with E-state index in [1.54, 1.807) is 0 Å². The standard InChI is InChI=1S/C11H23NOS/c1-11(2,14-3)9-12-7-10-5-4-6-13-8-10/h10,12H,4-9H2,1-3H3. The van der Waals surface area contributed by atoms with Gasteiger partial charge in [0.2, 0.25) is 0 Å². The van der Waals surface area contributed by atoms with Crippen molar-refractivity contribution in [1.82, 2.24) is 5.32 Å². The summed E-state index contributed by atoms with van der Waals surface area (Å²) < 4.78 is 5.80. The highest BCUT2D eigenvalue weighted by molar-refractivity contribution is 7.99. The molecule has 0 aromatic carbocycles. The molecule has 0 saturated carbocycles. The van der Waals surface area contributed by atoms with Crippen molar-refractivity contribution in [2.24, 2.45) is 5.92 Å². The van der Waals surface area contributed by atoms with E-state index in [1.165, 1.54) is 12.8 Å². The number of hydrogen-bond acceptors (Lipinski definition) is 3. The van der Waals surface area contributed by atoms with Crippen molar-refractivity contribution >= 4 is 11.8 Å². The van der Waals surface area contributed by atoms with Crippen LogP contribution in [-0.2, 0) is 4.74 Å². The SMILES string of the molecule is CSC(C)(C)CNCC1CCCOC1. The van der Waals surface area contributed by atoms with E-state index in [-0.39, 0.29) is 0 Å². The van der Waals surface area contributed by atoms with Crippen LogP contribution in [0.15, 0.2) is 0 Å². The monoisotopic (exact) mass is 217 g/mol. The molecule has 3 heteroatoms. The minimum Gasteiger partial charge on any atom is -0.381 e. The van der Waals surface area contributed by atoms with Gasteiger partial charge in [0.15, 0.2) is 0 Å². The number of ether oxygens (including phenoxy) is 1. The Bertz CT molecular complexity index is 155. The maximum atomic E-state index is 5.45. The second-order valence-corrected chi connectivity index (χ2v) is 6.19. The second kappa shape index (κ2) is 5.99. The lowest BCUT2D eigenvalue weighted by molar-refractivity contribution is 0.0548. The summed E-state index contributed by atoms with van der Waals surface area (Å²) in [7, 11) is 0. The Morgan fingerprint density at radius 1 is 1.50 bits per heavy atom.